The van der Waals surface area contributed by atoms with Gasteiger partial charge in [-0.15, -0.1) is 10.2 Å². The molecular formula is C18H19N5O2. The fraction of sp³-hybridized carbons (Fsp3) is 0.222. The van der Waals surface area contributed by atoms with E-state index in [9.17, 15) is 4.79 Å². The Hall–Kier alpha value is -3.22. The van der Waals surface area contributed by atoms with Crippen LogP contribution in [0.3, 0.4) is 0 Å². The second-order valence-electron chi connectivity index (χ2n) is 5.73. The predicted molar refractivity (Wildman–Crippen MR) is 95.2 cm³/mol. The molecule has 0 aliphatic rings. The lowest BCUT2D eigenvalue weighted by molar-refractivity contribution is -0.116. The van der Waals surface area contributed by atoms with Crippen molar-refractivity contribution in [3.8, 4) is 11.5 Å². The largest absolute Gasteiger partial charge is 0.421 e. The highest BCUT2D eigenvalue weighted by atomic mass is 16.4. The molecule has 0 aliphatic carbocycles. The molecule has 2 heterocycles. The van der Waals surface area contributed by atoms with Gasteiger partial charge in [-0.1, -0.05) is 0 Å². The van der Waals surface area contributed by atoms with E-state index in [0.29, 0.717) is 18.2 Å². The number of benzene rings is 1. The van der Waals surface area contributed by atoms with Crippen molar-refractivity contribution in [1.29, 1.82) is 0 Å². The summed E-state index contributed by atoms with van der Waals surface area (Å²) in [5.74, 6) is 0.767. The van der Waals surface area contributed by atoms with Crippen LogP contribution in [0.2, 0.25) is 0 Å². The topological polar surface area (TPSA) is 84.2 Å². The maximum Gasteiger partial charge on any atom is 0.247 e. The molecule has 0 radical (unpaired) electrons. The van der Waals surface area contributed by atoms with Crippen molar-refractivity contribution in [2.24, 2.45) is 0 Å². The summed E-state index contributed by atoms with van der Waals surface area (Å²) < 4.78 is 5.58. The minimum Gasteiger partial charge on any atom is -0.421 e. The maximum absolute atomic E-state index is 12.1. The molecule has 25 heavy (non-hydrogen) atoms. The van der Waals surface area contributed by atoms with E-state index in [1.165, 1.54) is 0 Å². The molecule has 0 aliphatic heterocycles. The minimum absolute atomic E-state index is 0.0961. The van der Waals surface area contributed by atoms with E-state index < -0.39 is 0 Å². The number of aryl methyl sites for hydroxylation is 1. The van der Waals surface area contributed by atoms with Gasteiger partial charge in [-0.05, 0) is 36.4 Å². The van der Waals surface area contributed by atoms with Crippen molar-refractivity contribution in [2.75, 3.05) is 24.3 Å². The van der Waals surface area contributed by atoms with Crippen LogP contribution >= 0.6 is 0 Å². The van der Waals surface area contributed by atoms with E-state index >= 15 is 0 Å². The van der Waals surface area contributed by atoms with Crippen molar-refractivity contribution in [3.05, 3.63) is 54.7 Å². The molecule has 0 spiro atoms. The lowest BCUT2D eigenvalue weighted by atomic mass is 10.2. The quantitative estimate of drug-likeness (QED) is 0.744. The molecule has 1 amide bonds. The number of nitrogens with one attached hydrogen (secondary N) is 1. The molecule has 1 N–H and O–H groups in total. The zero-order chi connectivity index (χ0) is 17.6. The molecule has 3 aromatic rings. The third kappa shape index (κ3) is 4.41. The predicted octanol–water partition coefficient (Wildman–Crippen LogP) is 2.77. The molecule has 7 nitrogen and oxygen atoms in total. The number of hydrogen-bond acceptors (Lipinski definition) is 6. The van der Waals surface area contributed by atoms with Gasteiger partial charge < -0.3 is 14.6 Å². The Morgan fingerprint density at radius 3 is 2.48 bits per heavy atom. The molecule has 0 bridgehead atoms. The number of rotatable bonds is 6. The highest BCUT2D eigenvalue weighted by Gasteiger charge is 2.10. The fourth-order valence-corrected chi connectivity index (χ4v) is 2.25. The maximum atomic E-state index is 12.1. The summed E-state index contributed by atoms with van der Waals surface area (Å²) in [4.78, 5) is 18.0. The third-order valence-corrected chi connectivity index (χ3v) is 3.63. The Bertz CT molecular complexity index is 828. The van der Waals surface area contributed by atoms with E-state index in [4.69, 9.17) is 4.42 Å². The van der Waals surface area contributed by atoms with Crippen LogP contribution in [0.1, 0.15) is 12.3 Å². The minimum atomic E-state index is -0.0961. The van der Waals surface area contributed by atoms with Gasteiger partial charge in [-0.25, -0.2) is 0 Å². The van der Waals surface area contributed by atoms with Crippen molar-refractivity contribution in [2.45, 2.75) is 12.8 Å². The lowest BCUT2D eigenvalue weighted by Crippen LogP contribution is -2.13. The van der Waals surface area contributed by atoms with Gasteiger partial charge in [0.1, 0.15) is 0 Å². The van der Waals surface area contributed by atoms with Crippen LogP contribution in [-0.4, -0.2) is 35.2 Å². The summed E-state index contributed by atoms with van der Waals surface area (Å²) in [7, 11) is 3.94. The lowest BCUT2D eigenvalue weighted by Gasteiger charge is -2.12. The molecule has 2 aromatic heterocycles. The smallest absolute Gasteiger partial charge is 0.247 e. The van der Waals surface area contributed by atoms with Crippen LogP contribution in [-0.2, 0) is 11.2 Å². The molecule has 7 heteroatoms. The van der Waals surface area contributed by atoms with E-state index in [0.717, 1.165) is 16.9 Å². The van der Waals surface area contributed by atoms with Crippen LogP contribution in [0.15, 0.2) is 53.2 Å². The molecule has 0 saturated heterocycles. The normalized spacial score (nSPS) is 10.5. The molecule has 1 aromatic carbocycles. The summed E-state index contributed by atoms with van der Waals surface area (Å²) in [5.41, 5.74) is 2.64. The summed E-state index contributed by atoms with van der Waals surface area (Å²) in [6.07, 6.45) is 3.98. The Balaban J connectivity index is 1.53. The number of carbonyl (C=O) groups excluding carboxylic acids is 1. The summed E-state index contributed by atoms with van der Waals surface area (Å²) in [5, 5.41) is 10.8. The van der Waals surface area contributed by atoms with Gasteiger partial charge in [0, 0.05) is 56.3 Å². The van der Waals surface area contributed by atoms with Gasteiger partial charge in [0.2, 0.25) is 17.7 Å². The molecule has 128 valence electrons. The van der Waals surface area contributed by atoms with Crippen LogP contribution in [0, 0.1) is 0 Å². The number of amides is 1. The highest BCUT2D eigenvalue weighted by molar-refractivity contribution is 5.90. The number of nitrogens with zero attached hydrogens (tertiary/aromatic N) is 4. The molecule has 3 rings (SSSR count). The Labute approximate surface area is 145 Å². The average molecular weight is 337 g/mol. The zero-order valence-corrected chi connectivity index (χ0v) is 14.1. The van der Waals surface area contributed by atoms with Crippen molar-refractivity contribution in [3.63, 3.8) is 0 Å². The molecule has 0 saturated carbocycles. The van der Waals surface area contributed by atoms with Crippen LogP contribution in [0.25, 0.3) is 11.5 Å². The van der Waals surface area contributed by atoms with Crippen molar-refractivity contribution >= 4 is 17.3 Å². The second-order valence-corrected chi connectivity index (χ2v) is 5.73. The van der Waals surface area contributed by atoms with Crippen LogP contribution < -0.4 is 10.2 Å². The van der Waals surface area contributed by atoms with Crippen molar-refractivity contribution < 1.29 is 9.21 Å². The van der Waals surface area contributed by atoms with Gasteiger partial charge in [0.05, 0.1) is 0 Å². The first-order valence-electron chi connectivity index (χ1n) is 7.92. The number of anilines is 2. The first kappa shape index (κ1) is 16.6. The van der Waals surface area contributed by atoms with Crippen LogP contribution in [0.5, 0.6) is 0 Å². The highest BCUT2D eigenvalue weighted by Crippen LogP contribution is 2.18. The second kappa shape index (κ2) is 7.57. The van der Waals surface area contributed by atoms with Gasteiger partial charge in [-0.3, -0.25) is 9.78 Å². The molecule has 0 fully saturated rings. The van der Waals surface area contributed by atoms with E-state index in [1.54, 1.807) is 24.5 Å². The average Bonchev–Trinajstić information content (AvgIpc) is 3.10. The molecule has 0 unspecified atom stereocenters. The monoisotopic (exact) mass is 337 g/mol. The van der Waals surface area contributed by atoms with E-state index in [-0.39, 0.29) is 12.3 Å². The van der Waals surface area contributed by atoms with E-state index in [2.05, 4.69) is 20.5 Å². The Kier molecular flexibility index (Phi) is 5.03. The standard InChI is InChI=1S/C18H19N5O2/c1-23(2)15-5-3-14(4-6-15)20-16(24)7-8-17-21-22-18(25-17)13-9-11-19-12-10-13/h3-6,9-12H,7-8H2,1-2H3,(H,20,24). The zero-order valence-electron chi connectivity index (χ0n) is 14.1. The number of hydrogen-bond donors (Lipinski definition) is 1. The number of pyridine rings is 1. The van der Waals surface area contributed by atoms with Gasteiger partial charge in [-0.2, -0.15) is 0 Å². The van der Waals surface area contributed by atoms with Gasteiger partial charge in [0.25, 0.3) is 0 Å². The molecular weight excluding hydrogens is 318 g/mol. The van der Waals surface area contributed by atoms with Gasteiger partial charge in [0.15, 0.2) is 0 Å². The number of aromatic nitrogens is 3. The summed E-state index contributed by atoms with van der Waals surface area (Å²) in [6, 6.07) is 11.2. The van der Waals surface area contributed by atoms with Gasteiger partial charge >= 0.3 is 0 Å². The van der Waals surface area contributed by atoms with Crippen LogP contribution in [0.4, 0.5) is 11.4 Å². The van der Waals surface area contributed by atoms with Crippen molar-refractivity contribution in [1.82, 2.24) is 15.2 Å². The first-order chi connectivity index (χ1) is 12.1. The summed E-state index contributed by atoms with van der Waals surface area (Å²) in [6.45, 7) is 0. The molecule has 0 atom stereocenters. The third-order valence-electron chi connectivity index (χ3n) is 3.63. The number of carbonyl (C=O) groups is 1. The van der Waals surface area contributed by atoms with E-state index in [1.807, 2.05) is 43.3 Å². The Morgan fingerprint density at radius 1 is 1.08 bits per heavy atom. The first-order valence-corrected chi connectivity index (χ1v) is 7.92. The fourth-order valence-electron chi connectivity index (χ4n) is 2.25. The Morgan fingerprint density at radius 2 is 1.80 bits per heavy atom. The summed E-state index contributed by atoms with van der Waals surface area (Å²) >= 11 is 0. The SMILES string of the molecule is CN(C)c1ccc(NC(=O)CCc2nnc(-c3ccncc3)o2)cc1.